The molecule has 27 heteroatoms. The molecule has 0 radical (unpaired) electrons. The Hall–Kier alpha value is -7.03. The second kappa shape index (κ2) is 22.5. The van der Waals surface area contributed by atoms with Gasteiger partial charge < -0.3 is 49.3 Å². The molecule has 0 unspecified atom stereocenters. The van der Waals surface area contributed by atoms with Gasteiger partial charge in [-0.25, -0.2) is 34.7 Å². The molecule has 2 aromatic carbocycles. The van der Waals surface area contributed by atoms with Gasteiger partial charge in [-0.05, 0) is 76.9 Å². The fourth-order valence-electron chi connectivity index (χ4n) is 9.83. The van der Waals surface area contributed by atoms with Crippen molar-refractivity contribution in [3.8, 4) is 34.3 Å². The van der Waals surface area contributed by atoms with E-state index in [-0.39, 0.29) is 52.8 Å². The molecular weight excluding hydrogens is 1100 g/mol. The number of rotatable bonds is 9. The standard InChI is InChI=1S/C27H26ClF3N6O4.C16H13ClF3N3.C10H15N3O3/c1-26(2)40-13-18(41-26)12-39-22-10-21(32-14-33-22)34-25(38)37-17-6-7-36(11-17)20-9-19(28)23(35-24(20)37)15-4-3-5-16(8-15)27(29,30)31;17-12-7-13-15(21-11-4-5-23(13)8-11)22-14(12)9-2-1-3-10(6-9)16(18,19)20;1-10(2)15-5-7(16-10)4-14-9-3-8(11)12-6-13-9/h3-5,8-10,14,17-18H,6-7,11-13H2,1-2H3,(H,32,33,34,38);1-3,6-7,11H,4-5,8H2,(H,21,22);3,6-7H,4-5H2,1-2H3,(H2,11,12,13)/t17-,18-;11-;7-/m000/s1. The topological polar surface area (TPSA) is 210 Å². The second-order valence-electron chi connectivity index (χ2n) is 20.3. The number of fused-ring (bicyclic) bond motifs is 8. The summed E-state index contributed by atoms with van der Waals surface area (Å²) in [4.78, 5) is 44.5. The highest BCUT2D eigenvalue weighted by Crippen LogP contribution is 2.45. The minimum atomic E-state index is -4.53. The van der Waals surface area contributed by atoms with Gasteiger partial charge in [-0.3, -0.25) is 10.2 Å². The predicted octanol–water partition coefficient (Wildman–Crippen LogP) is 10.4. The fourth-order valence-corrected chi connectivity index (χ4v) is 10.3. The number of halogens is 8. The molecule has 2 amide bonds. The molecule has 4 N–H and O–H groups in total. The number of pyridine rings is 2. The number of hydrogen-bond donors (Lipinski definition) is 3. The number of nitrogen functional groups attached to an aromatic ring is 1. The lowest BCUT2D eigenvalue weighted by Gasteiger charge is -2.36. The molecule has 424 valence electrons. The van der Waals surface area contributed by atoms with E-state index in [0.29, 0.717) is 90.7 Å². The molecule has 80 heavy (non-hydrogen) atoms. The number of hydrogen-bond acceptors (Lipinski definition) is 17. The van der Waals surface area contributed by atoms with E-state index >= 15 is 0 Å². The van der Waals surface area contributed by atoms with Crippen molar-refractivity contribution in [1.29, 1.82) is 0 Å². The van der Waals surface area contributed by atoms with Crippen LogP contribution in [0.2, 0.25) is 10.0 Å². The lowest BCUT2D eigenvalue weighted by molar-refractivity contribution is -0.142. The average Bonchev–Trinajstić information content (AvgIpc) is 4.28. The molecule has 10 heterocycles. The molecular formula is C53H54Cl2F6N12O7. The second-order valence-corrected chi connectivity index (χ2v) is 21.1. The Morgan fingerprint density at radius 3 is 1.85 bits per heavy atom. The highest BCUT2D eigenvalue weighted by Gasteiger charge is 2.42. The van der Waals surface area contributed by atoms with Gasteiger partial charge in [-0.15, -0.1) is 0 Å². The van der Waals surface area contributed by atoms with Gasteiger partial charge in [-0.1, -0.05) is 47.5 Å². The van der Waals surface area contributed by atoms with Crippen molar-refractivity contribution < 1.29 is 59.6 Å². The number of carbonyl (C=O) groups is 1. The zero-order valence-corrected chi connectivity index (χ0v) is 45.0. The highest BCUT2D eigenvalue weighted by atomic mass is 35.5. The normalized spacial score (nSPS) is 21.1. The fraction of sp³-hybridized carbons (Fsp3) is 0.415. The maximum atomic E-state index is 13.6. The van der Waals surface area contributed by atoms with Crippen LogP contribution in [0.5, 0.6) is 11.8 Å². The lowest BCUT2D eigenvalue weighted by atomic mass is 10.1. The van der Waals surface area contributed by atoms with Crippen LogP contribution in [-0.4, -0.2) is 124 Å². The first-order chi connectivity index (χ1) is 37.9. The van der Waals surface area contributed by atoms with Gasteiger partial charge in [-0.2, -0.15) is 26.3 Å². The van der Waals surface area contributed by atoms with Crippen molar-refractivity contribution in [2.75, 3.05) is 83.7 Å². The first-order valence-electron chi connectivity index (χ1n) is 25.4. The zero-order valence-electron chi connectivity index (χ0n) is 43.4. The summed E-state index contributed by atoms with van der Waals surface area (Å²) in [7, 11) is 0. The zero-order chi connectivity index (χ0) is 56.7. The number of benzene rings is 2. The molecule has 0 saturated carbocycles. The molecule has 4 bridgehead atoms. The maximum absolute atomic E-state index is 13.6. The summed E-state index contributed by atoms with van der Waals surface area (Å²) in [5.41, 5.74) is 6.59. The van der Waals surface area contributed by atoms with E-state index in [2.05, 4.69) is 50.3 Å². The first-order valence-corrected chi connectivity index (χ1v) is 26.1. The van der Waals surface area contributed by atoms with Crippen molar-refractivity contribution >= 4 is 63.9 Å². The van der Waals surface area contributed by atoms with Gasteiger partial charge >= 0.3 is 18.4 Å². The molecule has 4 saturated heterocycles. The van der Waals surface area contributed by atoms with Crippen LogP contribution in [0, 0.1) is 0 Å². The molecule has 4 atom stereocenters. The molecule has 6 aliphatic rings. The number of nitrogens with one attached hydrogen (secondary N) is 2. The molecule has 6 aromatic rings. The summed E-state index contributed by atoms with van der Waals surface area (Å²) in [6.07, 6.45) is -4.93. The summed E-state index contributed by atoms with van der Waals surface area (Å²) in [5.74, 6) is 1.06. The van der Waals surface area contributed by atoms with Crippen LogP contribution in [0.25, 0.3) is 22.5 Å². The van der Waals surface area contributed by atoms with E-state index in [1.165, 1.54) is 41.8 Å². The Bertz CT molecular complexity index is 3250. The van der Waals surface area contributed by atoms with Gasteiger partial charge in [0.25, 0.3) is 0 Å². The third-order valence-corrected chi connectivity index (χ3v) is 14.1. The number of alkyl halides is 6. The summed E-state index contributed by atoms with van der Waals surface area (Å²) in [6.45, 7) is 12.0. The van der Waals surface area contributed by atoms with E-state index in [1.807, 2.05) is 27.7 Å². The minimum absolute atomic E-state index is 0.0776. The molecule has 19 nitrogen and oxygen atoms in total. The average molecular weight is 1160 g/mol. The molecule has 0 aliphatic carbocycles. The predicted molar refractivity (Wildman–Crippen MR) is 285 cm³/mol. The quantitative estimate of drug-likeness (QED) is 0.115. The Kier molecular flexibility index (Phi) is 15.8. The molecule has 0 spiro atoms. The minimum Gasteiger partial charge on any atom is -0.475 e. The van der Waals surface area contributed by atoms with Crippen molar-refractivity contribution in [1.82, 2.24) is 29.9 Å². The number of nitrogens with two attached hydrogens (primary N) is 1. The van der Waals surface area contributed by atoms with Crippen molar-refractivity contribution in [3.05, 3.63) is 107 Å². The van der Waals surface area contributed by atoms with Gasteiger partial charge in [0.05, 0.1) is 63.2 Å². The maximum Gasteiger partial charge on any atom is 0.416 e. The molecule has 6 aliphatic heterocycles. The van der Waals surface area contributed by atoms with Crippen LogP contribution in [0.1, 0.15) is 51.7 Å². The van der Waals surface area contributed by atoms with Crippen LogP contribution in [0.4, 0.5) is 65.8 Å². The van der Waals surface area contributed by atoms with Crippen molar-refractivity contribution in [2.45, 2.75) is 88.8 Å². The number of nitrogens with zero attached hydrogens (tertiary/aromatic N) is 9. The number of carbonyl (C=O) groups excluding carboxylic acids is 1. The third kappa shape index (κ3) is 13.1. The van der Waals surface area contributed by atoms with Crippen molar-refractivity contribution in [3.63, 3.8) is 0 Å². The Balaban J connectivity index is 0.000000154. The number of anilines is 6. The largest absolute Gasteiger partial charge is 0.475 e. The van der Waals surface area contributed by atoms with E-state index in [0.717, 1.165) is 49.5 Å². The SMILES string of the molecule is CC1(C)OC[C@H](COc2cc(N)ncn2)O1.CC1(C)OC[C@H](COc2cc(NC(=O)N3c4nc(-c5cccc(C(F)(F)F)c5)c(Cl)cc4N4CC[C@H]3C4)ncn2)O1.FC(F)(F)c1cccc(-c2nc3c(cc2Cl)N2CC[C@@H](C2)N3)c1. The van der Waals surface area contributed by atoms with Crippen LogP contribution in [0.15, 0.2) is 85.5 Å². The van der Waals surface area contributed by atoms with Gasteiger partial charge in [0.1, 0.15) is 49.7 Å². The Labute approximate surface area is 465 Å². The van der Waals surface area contributed by atoms with Crippen LogP contribution < -0.4 is 40.5 Å². The van der Waals surface area contributed by atoms with Crippen LogP contribution in [-0.2, 0) is 31.3 Å². The van der Waals surface area contributed by atoms with E-state index in [9.17, 15) is 31.1 Å². The van der Waals surface area contributed by atoms with Crippen LogP contribution >= 0.6 is 23.2 Å². The number of ether oxygens (including phenoxy) is 6. The van der Waals surface area contributed by atoms with Crippen molar-refractivity contribution in [2.24, 2.45) is 0 Å². The summed E-state index contributed by atoms with van der Waals surface area (Å²) < 4.78 is 112. The molecule has 4 aromatic heterocycles. The highest BCUT2D eigenvalue weighted by molar-refractivity contribution is 6.34. The van der Waals surface area contributed by atoms with Crippen LogP contribution in [0.3, 0.4) is 0 Å². The molecule has 12 rings (SSSR count). The van der Waals surface area contributed by atoms with E-state index in [1.54, 1.807) is 24.3 Å². The van der Waals surface area contributed by atoms with Gasteiger partial charge in [0.2, 0.25) is 11.8 Å². The number of urea groups is 1. The monoisotopic (exact) mass is 1150 g/mol. The Morgan fingerprint density at radius 1 is 0.725 bits per heavy atom. The summed E-state index contributed by atoms with van der Waals surface area (Å²) in [5, 5.41) is 6.66. The van der Waals surface area contributed by atoms with Gasteiger partial charge in [0, 0.05) is 55.5 Å². The third-order valence-electron chi connectivity index (χ3n) is 13.5. The number of amides is 2. The Morgan fingerprint density at radius 2 is 1.27 bits per heavy atom. The first kappa shape index (κ1) is 56.3. The summed E-state index contributed by atoms with van der Waals surface area (Å²) >= 11 is 12.8. The van der Waals surface area contributed by atoms with E-state index < -0.39 is 41.1 Å². The smallest absolute Gasteiger partial charge is 0.416 e. The van der Waals surface area contributed by atoms with Gasteiger partial charge in [0.15, 0.2) is 23.2 Å². The lowest BCUT2D eigenvalue weighted by Crippen LogP contribution is -2.48. The molecule has 4 fully saturated rings. The summed E-state index contributed by atoms with van der Waals surface area (Å²) in [6, 6.07) is 16.0. The van der Waals surface area contributed by atoms with E-state index in [4.69, 9.17) is 57.4 Å². The number of aromatic nitrogens is 6.